The van der Waals surface area contributed by atoms with E-state index >= 15 is 0 Å². The molecule has 26 heavy (non-hydrogen) atoms. The van der Waals surface area contributed by atoms with Crippen molar-refractivity contribution >= 4 is 16.7 Å². The van der Waals surface area contributed by atoms with Crippen LogP contribution in [0.5, 0.6) is 5.75 Å². The Balaban J connectivity index is 1.69. The molecule has 1 saturated heterocycles. The first-order valence-corrected chi connectivity index (χ1v) is 9.92. The molecule has 6 heteroatoms. The molecule has 1 aliphatic carbocycles. The van der Waals surface area contributed by atoms with Gasteiger partial charge in [-0.1, -0.05) is 6.92 Å². The van der Waals surface area contributed by atoms with Crippen LogP contribution in [0.2, 0.25) is 0 Å². The van der Waals surface area contributed by atoms with Gasteiger partial charge in [-0.05, 0) is 57.1 Å². The maximum atomic E-state index is 12.0. The van der Waals surface area contributed by atoms with Gasteiger partial charge in [0.2, 0.25) is 0 Å². The van der Waals surface area contributed by atoms with E-state index in [1.54, 1.807) is 0 Å². The van der Waals surface area contributed by atoms with Crippen molar-refractivity contribution in [3.05, 3.63) is 27.7 Å². The first kappa shape index (κ1) is 17.3. The van der Waals surface area contributed by atoms with Gasteiger partial charge in [-0.15, -0.1) is 0 Å². The number of anilines is 1. The fourth-order valence-corrected chi connectivity index (χ4v) is 4.35. The van der Waals surface area contributed by atoms with Crippen LogP contribution < -0.4 is 10.9 Å². The number of aromatic hydroxyl groups is 1. The van der Waals surface area contributed by atoms with Gasteiger partial charge in [0.25, 0.3) is 5.56 Å². The topological polar surface area (TPSA) is 81.2 Å². The summed E-state index contributed by atoms with van der Waals surface area (Å²) in [5.41, 5.74) is 4.37. The summed E-state index contributed by atoms with van der Waals surface area (Å²) in [6.45, 7) is 5.64. The standard InChI is InChI=1S/C20H28N4O2/c1-2-9-24-10-7-13(8-11-24)21-18-14-5-3-4-6-15(14)22-16-12-17(25)20(26)23-19(16)18/h12-13,25H,2-11H2,1H3,(H,21,22)(H,23,26). The number of hydrogen-bond donors (Lipinski definition) is 3. The number of fused-ring (bicyclic) bond motifs is 2. The van der Waals surface area contributed by atoms with Crippen LogP contribution in [0.1, 0.15) is 50.3 Å². The molecule has 0 saturated carbocycles. The Morgan fingerprint density at radius 2 is 2.08 bits per heavy atom. The van der Waals surface area contributed by atoms with Crippen molar-refractivity contribution in [3.8, 4) is 5.75 Å². The number of H-pyrrole nitrogens is 1. The second-order valence-corrected chi connectivity index (χ2v) is 7.62. The van der Waals surface area contributed by atoms with Gasteiger partial charge in [-0.25, -0.2) is 0 Å². The van der Waals surface area contributed by atoms with E-state index in [-0.39, 0.29) is 5.75 Å². The molecule has 0 bridgehead atoms. The average Bonchev–Trinajstić information content (AvgIpc) is 2.65. The lowest BCUT2D eigenvalue weighted by atomic mass is 9.93. The molecule has 1 fully saturated rings. The van der Waals surface area contributed by atoms with Crippen LogP contribution in [-0.4, -0.2) is 45.7 Å². The number of aromatic nitrogens is 2. The lowest BCUT2D eigenvalue weighted by molar-refractivity contribution is 0.219. The Bertz CT molecular complexity index is 853. The maximum Gasteiger partial charge on any atom is 0.290 e. The first-order valence-electron chi connectivity index (χ1n) is 9.92. The molecule has 1 aliphatic heterocycles. The molecule has 0 atom stereocenters. The smallest absolute Gasteiger partial charge is 0.290 e. The molecule has 6 nitrogen and oxygen atoms in total. The second-order valence-electron chi connectivity index (χ2n) is 7.62. The number of aromatic amines is 1. The molecule has 0 spiro atoms. The highest BCUT2D eigenvalue weighted by molar-refractivity contribution is 5.90. The highest BCUT2D eigenvalue weighted by atomic mass is 16.3. The number of nitrogens with zero attached hydrogens (tertiary/aromatic N) is 2. The summed E-state index contributed by atoms with van der Waals surface area (Å²) < 4.78 is 0. The van der Waals surface area contributed by atoms with Gasteiger partial charge in [0.1, 0.15) is 0 Å². The lowest BCUT2D eigenvalue weighted by Crippen LogP contribution is -2.39. The van der Waals surface area contributed by atoms with Crippen LogP contribution in [0, 0.1) is 0 Å². The highest BCUT2D eigenvalue weighted by Gasteiger charge is 2.24. The van der Waals surface area contributed by atoms with Crippen LogP contribution in [0.4, 0.5) is 5.69 Å². The number of pyridine rings is 2. The van der Waals surface area contributed by atoms with Crippen molar-refractivity contribution in [1.29, 1.82) is 0 Å². The predicted molar refractivity (Wildman–Crippen MR) is 104 cm³/mol. The van der Waals surface area contributed by atoms with Crippen molar-refractivity contribution in [3.63, 3.8) is 0 Å². The van der Waals surface area contributed by atoms with E-state index in [0.717, 1.165) is 68.5 Å². The number of piperidine rings is 1. The third kappa shape index (κ3) is 3.30. The first-order chi connectivity index (χ1) is 12.7. The molecule has 2 aliphatic rings. The minimum Gasteiger partial charge on any atom is -0.503 e. The SMILES string of the molecule is CCCN1CCC(Nc2c3c(nc4cc(O)c(=O)[nH]c24)CCCC3)CC1. The van der Waals surface area contributed by atoms with Gasteiger partial charge in [0, 0.05) is 30.9 Å². The van der Waals surface area contributed by atoms with Crippen LogP contribution in [0.15, 0.2) is 10.9 Å². The van der Waals surface area contributed by atoms with Gasteiger partial charge < -0.3 is 20.3 Å². The molecule has 2 aromatic heterocycles. The molecule has 4 rings (SSSR count). The molecule has 2 aromatic rings. The molecule has 0 aromatic carbocycles. The number of rotatable bonds is 4. The summed E-state index contributed by atoms with van der Waals surface area (Å²) in [6, 6.07) is 1.91. The minimum atomic E-state index is -0.448. The van der Waals surface area contributed by atoms with E-state index in [4.69, 9.17) is 4.98 Å². The number of hydrogen-bond acceptors (Lipinski definition) is 5. The molecule has 3 heterocycles. The van der Waals surface area contributed by atoms with E-state index in [2.05, 4.69) is 22.1 Å². The van der Waals surface area contributed by atoms with E-state index < -0.39 is 5.56 Å². The third-order valence-electron chi connectivity index (χ3n) is 5.72. The lowest BCUT2D eigenvalue weighted by Gasteiger charge is -2.33. The number of aryl methyl sites for hydroxylation is 1. The summed E-state index contributed by atoms with van der Waals surface area (Å²) in [4.78, 5) is 22.1. The Labute approximate surface area is 153 Å². The summed E-state index contributed by atoms with van der Waals surface area (Å²) in [5, 5.41) is 13.5. The van der Waals surface area contributed by atoms with Crippen molar-refractivity contribution in [1.82, 2.24) is 14.9 Å². The molecule has 0 unspecified atom stereocenters. The zero-order valence-corrected chi connectivity index (χ0v) is 15.5. The predicted octanol–water partition coefficient (Wildman–Crippen LogP) is 2.79. The molecular weight excluding hydrogens is 328 g/mol. The normalized spacial score (nSPS) is 18.8. The Hall–Kier alpha value is -2.08. The van der Waals surface area contributed by atoms with Gasteiger partial charge in [-0.2, -0.15) is 0 Å². The zero-order valence-electron chi connectivity index (χ0n) is 15.5. The van der Waals surface area contributed by atoms with E-state index in [0.29, 0.717) is 11.6 Å². The van der Waals surface area contributed by atoms with Gasteiger partial charge >= 0.3 is 0 Å². The van der Waals surface area contributed by atoms with Crippen LogP contribution >= 0.6 is 0 Å². The van der Waals surface area contributed by atoms with Crippen molar-refractivity contribution < 1.29 is 5.11 Å². The molecule has 140 valence electrons. The van der Waals surface area contributed by atoms with Crippen molar-refractivity contribution in [2.45, 2.75) is 57.9 Å². The minimum absolute atomic E-state index is 0.264. The summed E-state index contributed by atoms with van der Waals surface area (Å²) >= 11 is 0. The van der Waals surface area contributed by atoms with Gasteiger partial charge in [0.15, 0.2) is 5.75 Å². The Kier molecular flexibility index (Phi) is 4.85. The van der Waals surface area contributed by atoms with Gasteiger partial charge in [-0.3, -0.25) is 9.78 Å². The van der Waals surface area contributed by atoms with Crippen LogP contribution in [0.25, 0.3) is 11.0 Å². The fourth-order valence-electron chi connectivity index (χ4n) is 4.35. The Morgan fingerprint density at radius 1 is 1.31 bits per heavy atom. The zero-order chi connectivity index (χ0) is 18.1. The molecule has 3 N–H and O–H groups in total. The summed E-state index contributed by atoms with van der Waals surface area (Å²) in [6.07, 6.45) is 7.70. The third-order valence-corrected chi connectivity index (χ3v) is 5.72. The largest absolute Gasteiger partial charge is 0.503 e. The molecule has 0 radical (unpaired) electrons. The van der Waals surface area contributed by atoms with Gasteiger partial charge in [0.05, 0.1) is 16.7 Å². The second kappa shape index (κ2) is 7.27. The summed E-state index contributed by atoms with van der Waals surface area (Å²) in [5.74, 6) is -0.264. The quantitative estimate of drug-likeness (QED) is 0.785. The monoisotopic (exact) mass is 356 g/mol. The molecule has 0 amide bonds. The van der Waals surface area contributed by atoms with Crippen molar-refractivity contribution in [2.75, 3.05) is 25.0 Å². The highest BCUT2D eigenvalue weighted by Crippen LogP contribution is 2.33. The van der Waals surface area contributed by atoms with Crippen molar-refractivity contribution in [2.24, 2.45) is 0 Å². The average molecular weight is 356 g/mol. The Morgan fingerprint density at radius 3 is 2.85 bits per heavy atom. The number of nitrogens with one attached hydrogen (secondary N) is 2. The summed E-state index contributed by atoms with van der Waals surface area (Å²) in [7, 11) is 0. The number of likely N-dealkylation sites (tertiary alicyclic amines) is 1. The van der Waals surface area contributed by atoms with E-state index in [9.17, 15) is 9.90 Å². The maximum absolute atomic E-state index is 12.0. The molecular formula is C20H28N4O2. The van der Waals surface area contributed by atoms with Crippen LogP contribution in [-0.2, 0) is 12.8 Å². The van der Waals surface area contributed by atoms with E-state index in [1.165, 1.54) is 24.6 Å². The van der Waals surface area contributed by atoms with E-state index in [1.807, 2.05) is 0 Å². The fraction of sp³-hybridized carbons (Fsp3) is 0.600. The van der Waals surface area contributed by atoms with Crippen LogP contribution in [0.3, 0.4) is 0 Å².